The topological polar surface area (TPSA) is 49.8 Å². The molecule has 0 unspecified atom stereocenters. The molecule has 1 aliphatic heterocycles. The van der Waals surface area contributed by atoms with E-state index in [9.17, 15) is 4.39 Å². The van der Waals surface area contributed by atoms with Crippen LogP contribution in [0.2, 0.25) is 0 Å². The molecule has 4 aromatic rings. The van der Waals surface area contributed by atoms with Crippen LogP contribution in [0.5, 0.6) is 0 Å². The summed E-state index contributed by atoms with van der Waals surface area (Å²) in [5, 5.41) is 7.88. The maximum atomic E-state index is 14.5. The molecule has 5 rings (SSSR count). The lowest BCUT2D eigenvalue weighted by molar-refractivity contribution is 0.415. The van der Waals surface area contributed by atoms with Crippen LogP contribution in [0.15, 0.2) is 36.0 Å². The van der Waals surface area contributed by atoms with Crippen LogP contribution in [0, 0.1) is 5.82 Å². The molecular weight excluding hydrogens is 379 g/mol. The van der Waals surface area contributed by atoms with Gasteiger partial charge in [-0.05, 0) is 51.1 Å². The summed E-state index contributed by atoms with van der Waals surface area (Å²) in [7, 11) is 0. The van der Waals surface area contributed by atoms with Crippen molar-refractivity contribution >= 4 is 54.5 Å². The maximum absolute atomic E-state index is 14.5. The predicted molar refractivity (Wildman–Crippen MR) is 112 cm³/mol. The Balaban J connectivity index is 1.56. The number of rotatable bonds is 3. The summed E-state index contributed by atoms with van der Waals surface area (Å²) in [5.74, 6) is 0.195. The van der Waals surface area contributed by atoms with Gasteiger partial charge in [-0.15, -0.1) is 22.7 Å². The van der Waals surface area contributed by atoms with Crippen molar-refractivity contribution in [1.82, 2.24) is 15.3 Å². The second kappa shape index (κ2) is 6.22. The van der Waals surface area contributed by atoms with Gasteiger partial charge in [0.1, 0.15) is 10.6 Å². The van der Waals surface area contributed by atoms with Crippen LogP contribution in [0.3, 0.4) is 0 Å². The van der Waals surface area contributed by atoms with E-state index in [0.717, 1.165) is 39.1 Å². The van der Waals surface area contributed by atoms with Gasteiger partial charge in [0.15, 0.2) is 0 Å². The Bertz CT molecular complexity index is 1150. The molecule has 0 bridgehead atoms. The van der Waals surface area contributed by atoms with Gasteiger partial charge in [-0.1, -0.05) is 0 Å². The molecule has 1 aromatic carbocycles. The van der Waals surface area contributed by atoms with Crippen LogP contribution in [0.1, 0.15) is 31.1 Å². The number of nitrogens with one attached hydrogen (secondary N) is 2. The summed E-state index contributed by atoms with van der Waals surface area (Å²) in [6.45, 7) is 5.53. The van der Waals surface area contributed by atoms with Gasteiger partial charge in [0.2, 0.25) is 0 Å². The lowest BCUT2D eigenvalue weighted by atomic mass is 9.88. The van der Waals surface area contributed by atoms with Gasteiger partial charge in [-0.25, -0.2) is 14.4 Å². The van der Waals surface area contributed by atoms with Crippen molar-refractivity contribution in [2.45, 2.75) is 31.7 Å². The maximum Gasteiger partial charge on any atom is 0.148 e. The molecule has 0 saturated carbocycles. The first kappa shape index (κ1) is 17.0. The lowest BCUT2D eigenvalue weighted by Crippen LogP contribution is -2.36. The van der Waals surface area contributed by atoms with Gasteiger partial charge in [-0.2, -0.15) is 0 Å². The number of thiazole rings is 1. The molecule has 0 aliphatic carbocycles. The minimum atomic E-state index is -0.270. The Morgan fingerprint density at radius 3 is 2.93 bits per heavy atom. The Labute approximate surface area is 164 Å². The van der Waals surface area contributed by atoms with Crippen LogP contribution in [-0.4, -0.2) is 22.1 Å². The van der Waals surface area contributed by atoms with E-state index in [1.54, 1.807) is 35.2 Å². The number of pyridine rings is 1. The van der Waals surface area contributed by atoms with E-state index < -0.39 is 0 Å². The van der Waals surface area contributed by atoms with Crippen LogP contribution >= 0.6 is 22.7 Å². The molecule has 4 heterocycles. The normalized spacial score (nSPS) is 19.1. The summed E-state index contributed by atoms with van der Waals surface area (Å²) >= 11 is 3.18. The fourth-order valence-electron chi connectivity index (χ4n) is 3.88. The quantitative estimate of drug-likeness (QED) is 0.469. The predicted octanol–water partition coefficient (Wildman–Crippen LogP) is 5.64. The van der Waals surface area contributed by atoms with E-state index in [4.69, 9.17) is 0 Å². The summed E-state index contributed by atoms with van der Waals surface area (Å²) in [5.41, 5.74) is 3.94. The van der Waals surface area contributed by atoms with E-state index in [2.05, 4.69) is 40.5 Å². The van der Waals surface area contributed by atoms with Crippen molar-refractivity contribution in [3.8, 4) is 0 Å². The number of halogens is 1. The molecule has 0 spiro atoms. The Kier molecular flexibility index (Phi) is 3.93. The monoisotopic (exact) mass is 398 g/mol. The van der Waals surface area contributed by atoms with Crippen molar-refractivity contribution in [3.63, 3.8) is 0 Å². The van der Waals surface area contributed by atoms with Crippen molar-refractivity contribution in [1.29, 1.82) is 0 Å². The van der Waals surface area contributed by atoms with Gasteiger partial charge in [0, 0.05) is 27.9 Å². The Morgan fingerprint density at radius 1 is 1.22 bits per heavy atom. The number of hydrogen-bond donors (Lipinski definition) is 2. The van der Waals surface area contributed by atoms with Gasteiger partial charge in [-0.3, -0.25) is 0 Å². The molecule has 4 nitrogen and oxygen atoms in total. The van der Waals surface area contributed by atoms with Crippen LogP contribution in [0.25, 0.3) is 20.4 Å². The standard InChI is InChI=1S/C20H19FN4S2/c1-20(2)12(3-6-24-20)17-7-11-14(4-5-22-19(11)27-17)25-15-9-16-18(8-13(15)21)26-10-23-16/h4-5,7-10,12,24H,3,6H2,1-2H3,(H,22,25)/t12-/m0/s1. The van der Waals surface area contributed by atoms with Crippen LogP contribution in [0.4, 0.5) is 15.8 Å². The SMILES string of the molecule is CC1(C)NCC[C@H]1c1cc2c(Nc3cc4ncsc4cc3F)ccnc2s1. The van der Waals surface area contributed by atoms with Gasteiger partial charge in [0.05, 0.1) is 27.1 Å². The van der Waals surface area contributed by atoms with E-state index in [0.29, 0.717) is 11.6 Å². The average molecular weight is 399 g/mol. The van der Waals surface area contributed by atoms with E-state index in [1.807, 2.05) is 6.07 Å². The molecule has 27 heavy (non-hydrogen) atoms. The summed E-state index contributed by atoms with van der Waals surface area (Å²) < 4.78 is 15.4. The number of anilines is 2. The summed E-state index contributed by atoms with van der Waals surface area (Å²) in [6.07, 6.45) is 2.90. The third-order valence-corrected chi connectivity index (χ3v) is 7.32. The Hall–Kier alpha value is -2.09. The van der Waals surface area contributed by atoms with Gasteiger partial charge >= 0.3 is 0 Å². The first-order valence-electron chi connectivity index (χ1n) is 8.94. The second-order valence-corrected chi connectivity index (χ2v) is 9.44. The smallest absolute Gasteiger partial charge is 0.148 e. The first-order chi connectivity index (χ1) is 13.0. The zero-order valence-corrected chi connectivity index (χ0v) is 16.7. The number of hydrogen-bond acceptors (Lipinski definition) is 6. The molecule has 1 saturated heterocycles. The number of thiophene rings is 1. The number of fused-ring (bicyclic) bond motifs is 2. The Morgan fingerprint density at radius 2 is 2.11 bits per heavy atom. The third kappa shape index (κ3) is 2.90. The fourth-order valence-corrected chi connectivity index (χ4v) is 5.91. The highest BCUT2D eigenvalue weighted by atomic mass is 32.1. The largest absolute Gasteiger partial charge is 0.352 e. The summed E-state index contributed by atoms with van der Waals surface area (Å²) in [4.78, 5) is 11.1. The zero-order chi connectivity index (χ0) is 18.6. The van der Waals surface area contributed by atoms with Gasteiger partial charge in [0.25, 0.3) is 0 Å². The number of benzene rings is 1. The van der Waals surface area contributed by atoms with Crippen LogP contribution < -0.4 is 10.6 Å². The molecule has 0 amide bonds. The molecular formula is C20H19FN4S2. The third-order valence-electron chi connectivity index (χ3n) is 5.37. The van der Waals surface area contributed by atoms with E-state index >= 15 is 0 Å². The molecule has 1 atom stereocenters. The van der Waals surface area contributed by atoms with Crippen molar-refractivity contribution in [2.24, 2.45) is 0 Å². The number of nitrogens with zero attached hydrogens (tertiary/aromatic N) is 2. The molecule has 3 aromatic heterocycles. The minimum absolute atomic E-state index is 0.0796. The average Bonchev–Trinajstić information content (AvgIpc) is 3.32. The zero-order valence-electron chi connectivity index (χ0n) is 15.0. The molecule has 2 N–H and O–H groups in total. The van der Waals surface area contributed by atoms with Gasteiger partial charge < -0.3 is 10.6 Å². The molecule has 1 aliphatic rings. The highest BCUT2D eigenvalue weighted by molar-refractivity contribution is 7.18. The number of aromatic nitrogens is 2. The van der Waals surface area contributed by atoms with Crippen molar-refractivity contribution < 1.29 is 4.39 Å². The molecule has 7 heteroatoms. The molecule has 138 valence electrons. The first-order valence-corrected chi connectivity index (χ1v) is 10.6. The fraction of sp³-hybridized carbons (Fsp3) is 0.300. The molecule has 0 radical (unpaired) electrons. The highest BCUT2D eigenvalue weighted by Gasteiger charge is 2.36. The molecule has 1 fully saturated rings. The minimum Gasteiger partial charge on any atom is -0.352 e. The van der Waals surface area contributed by atoms with E-state index in [1.165, 1.54) is 16.2 Å². The highest BCUT2D eigenvalue weighted by Crippen LogP contribution is 2.42. The second-order valence-electron chi connectivity index (χ2n) is 7.49. The van der Waals surface area contributed by atoms with Crippen molar-refractivity contribution in [3.05, 3.63) is 46.7 Å². The van der Waals surface area contributed by atoms with E-state index in [-0.39, 0.29) is 11.4 Å². The van der Waals surface area contributed by atoms with Crippen LogP contribution in [-0.2, 0) is 0 Å². The summed E-state index contributed by atoms with van der Waals surface area (Å²) in [6, 6.07) is 7.43. The van der Waals surface area contributed by atoms with Crippen molar-refractivity contribution in [2.75, 3.05) is 11.9 Å². The lowest BCUT2D eigenvalue weighted by Gasteiger charge is -2.26.